The molecule has 2 N–H and O–H groups in total. The Hall–Kier alpha value is -1.18. The van der Waals surface area contributed by atoms with Gasteiger partial charge in [0.25, 0.3) is 0 Å². The van der Waals surface area contributed by atoms with Crippen LogP contribution in [0.15, 0.2) is 12.1 Å². The molecule has 0 unspecified atom stereocenters. The van der Waals surface area contributed by atoms with Gasteiger partial charge in [-0.05, 0) is 65.7 Å². The van der Waals surface area contributed by atoms with Crippen LogP contribution in [0.3, 0.4) is 0 Å². The molecule has 0 radical (unpaired) electrons. The van der Waals surface area contributed by atoms with Gasteiger partial charge in [-0.1, -0.05) is 27.2 Å². The molecule has 0 saturated heterocycles. The quantitative estimate of drug-likeness (QED) is 0.689. The summed E-state index contributed by atoms with van der Waals surface area (Å²) >= 11 is 0. The van der Waals surface area contributed by atoms with E-state index in [-0.39, 0.29) is 16.9 Å². The van der Waals surface area contributed by atoms with Crippen molar-refractivity contribution in [3.8, 4) is 11.5 Å². The molecule has 1 fully saturated rings. The number of rotatable bonds is 0. The average molecular weight is 260 g/mol. The number of phenols is 2. The zero-order valence-electron chi connectivity index (χ0n) is 12.2. The van der Waals surface area contributed by atoms with Gasteiger partial charge >= 0.3 is 0 Å². The van der Waals surface area contributed by atoms with E-state index in [2.05, 4.69) is 20.8 Å². The Bertz CT molecular complexity index is 518. The summed E-state index contributed by atoms with van der Waals surface area (Å²) in [5, 5.41) is 19.6. The van der Waals surface area contributed by atoms with Crippen LogP contribution in [-0.4, -0.2) is 10.2 Å². The van der Waals surface area contributed by atoms with Crippen LogP contribution in [0.5, 0.6) is 11.5 Å². The van der Waals surface area contributed by atoms with Gasteiger partial charge in [-0.25, -0.2) is 0 Å². The van der Waals surface area contributed by atoms with E-state index >= 15 is 0 Å². The van der Waals surface area contributed by atoms with Gasteiger partial charge in [0, 0.05) is 0 Å². The summed E-state index contributed by atoms with van der Waals surface area (Å²) in [7, 11) is 0. The van der Waals surface area contributed by atoms with Crippen molar-refractivity contribution in [2.45, 2.75) is 58.3 Å². The van der Waals surface area contributed by atoms with Crippen molar-refractivity contribution in [1.29, 1.82) is 0 Å². The molecule has 1 saturated carbocycles. The van der Waals surface area contributed by atoms with Gasteiger partial charge in [-0.15, -0.1) is 0 Å². The molecular weight excluding hydrogens is 236 g/mol. The summed E-state index contributed by atoms with van der Waals surface area (Å²) in [6.07, 6.45) is 5.96. The van der Waals surface area contributed by atoms with Crippen LogP contribution in [0.1, 0.15) is 57.6 Å². The molecule has 0 aromatic heterocycles. The predicted octanol–water partition coefficient (Wildman–Crippen LogP) is 4.13. The van der Waals surface area contributed by atoms with Crippen molar-refractivity contribution in [2.75, 3.05) is 0 Å². The smallest absolute Gasteiger partial charge is 0.157 e. The van der Waals surface area contributed by atoms with Crippen LogP contribution < -0.4 is 0 Å². The Morgan fingerprint density at radius 2 is 1.74 bits per heavy atom. The van der Waals surface area contributed by atoms with Crippen molar-refractivity contribution >= 4 is 0 Å². The first kappa shape index (κ1) is 12.8. The van der Waals surface area contributed by atoms with Crippen LogP contribution in [0.2, 0.25) is 0 Å². The number of benzene rings is 1. The van der Waals surface area contributed by atoms with E-state index in [1.807, 2.05) is 6.07 Å². The van der Waals surface area contributed by atoms with Gasteiger partial charge < -0.3 is 10.2 Å². The highest BCUT2D eigenvalue weighted by Crippen LogP contribution is 2.57. The van der Waals surface area contributed by atoms with Crippen molar-refractivity contribution in [2.24, 2.45) is 11.3 Å². The number of phenolic OH excluding ortho intramolecular Hbond substituents is 2. The fourth-order valence-corrected chi connectivity index (χ4v) is 4.81. The molecule has 2 atom stereocenters. The van der Waals surface area contributed by atoms with Crippen molar-refractivity contribution < 1.29 is 10.2 Å². The summed E-state index contributed by atoms with van der Waals surface area (Å²) in [5.74, 6) is 0.727. The minimum Gasteiger partial charge on any atom is -0.504 e. The third kappa shape index (κ3) is 1.76. The molecule has 0 amide bonds. The van der Waals surface area contributed by atoms with E-state index in [4.69, 9.17) is 0 Å². The fraction of sp³-hybridized carbons (Fsp3) is 0.647. The van der Waals surface area contributed by atoms with Gasteiger partial charge in [-0.3, -0.25) is 0 Å². The molecule has 1 aromatic rings. The summed E-state index contributed by atoms with van der Waals surface area (Å²) in [4.78, 5) is 0. The summed E-state index contributed by atoms with van der Waals surface area (Å²) < 4.78 is 0. The maximum Gasteiger partial charge on any atom is 0.157 e. The van der Waals surface area contributed by atoms with E-state index in [1.54, 1.807) is 6.07 Å². The number of aryl methyl sites for hydroxylation is 1. The molecule has 104 valence electrons. The highest BCUT2D eigenvalue weighted by atomic mass is 16.3. The van der Waals surface area contributed by atoms with Crippen molar-refractivity contribution in [3.05, 3.63) is 23.3 Å². The van der Waals surface area contributed by atoms with E-state index < -0.39 is 0 Å². The topological polar surface area (TPSA) is 40.5 Å². The molecule has 19 heavy (non-hydrogen) atoms. The number of aromatic hydroxyl groups is 2. The summed E-state index contributed by atoms with van der Waals surface area (Å²) in [5.41, 5.74) is 3.03. The Kier molecular flexibility index (Phi) is 2.64. The second kappa shape index (κ2) is 3.91. The van der Waals surface area contributed by atoms with E-state index in [0.717, 1.165) is 6.42 Å². The molecule has 2 aliphatic carbocycles. The minimum atomic E-state index is 0.0240. The van der Waals surface area contributed by atoms with Gasteiger partial charge in [0.2, 0.25) is 0 Å². The second-order valence-electron chi connectivity index (χ2n) is 7.35. The van der Waals surface area contributed by atoms with Crippen LogP contribution in [-0.2, 0) is 11.8 Å². The first-order valence-corrected chi connectivity index (χ1v) is 7.40. The van der Waals surface area contributed by atoms with Crippen LogP contribution >= 0.6 is 0 Å². The highest BCUT2D eigenvalue weighted by molar-refractivity contribution is 5.50. The third-order valence-corrected chi connectivity index (χ3v) is 5.75. The Labute approximate surface area is 115 Å². The minimum absolute atomic E-state index is 0.0240. The standard InChI is InChI=1S/C17H24O2/c1-16(2)7-4-8-17(3)12-10-14(19)13(18)9-11(12)5-6-15(16)17/h9-10,15,18-19H,4-8H2,1-3H3/t15-,17+/m0/s1. The van der Waals surface area contributed by atoms with Gasteiger partial charge in [0.05, 0.1) is 0 Å². The lowest BCUT2D eigenvalue weighted by atomic mass is 9.50. The fourth-order valence-electron chi connectivity index (χ4n) is 4.81. The second-order valence-corrected chi connectivity index (χ2v) is 7.35. The average Bonchev–Trinajstić information content (AvgIpc) is 2.30. The molecule has 2 heteroatoms. The lowest BCUT2D eigenvalue weighted by Crippen LogP contribution is -2.47. The van der Waals surface area contributed by atoms with Crippen LogP contribution in [0.4, 0.5) is 0 Å². The molecule has 0 heterocycles. The Morgan fingerprint density at radius 3 is 2.47 bits per heavy atom. The Balaban J connectivity index is 2.14. The maximum absolute atomic E-state index is 9.86. The number of hydrogen-bond acceptors (Lipinski definition) is 2. The number of hydrogen-bond donors (Lipinski definition) is 2. The molecule has 3 rings (SSSR count). The van der Waals surface area contributed by atoms with E-state index in [0.29, 0.717) is 11.3 Å². The lowest BCUT2D eigenvalue weighted by molar-refractivity contribution is 0.0405. The van der Waals surface area contributed by atoms with Crippen molar-refractivity contribution in [1.82, 2.24) is 0 Å². The molecular formula is C17H24O2. The van der Waals surface area contributed by atoms with E-state index in [9.17, 15) is 10.2 Å². The molecule has 2 aliphatic rings. The summed E-state index contributed by atoms with van der Waals surface area (Å²) in [6.45, 7) is 7.13. The van der Waals surface area contributed by atoms with E-state index in [1.165, 1.54) is 36.8 Å². The largest absolute Gasteiger partial charge is 0.504 e. The molecule has 0 aliphatic heterocycles. The van der Waals surface area contributed by atoms with Gasteiger partial charge in [0.15, 0.2) is 11.5 Å². The third-order valence-electron chi connectivity index (χ3n) is 5.75. The molecule has 0 spiro atoms. The van der Waals surface area contributed by atoms with Crippen LogP contribution in [0.25, 0.3) is 0 Å². The maximum atomic E-state index is 9.86. The highest BCUT2D eigenvalue weighted by Gasteiger charge is 2.49. The Morgan fingerprint density at radius 1 is 1.05 bits per heavy atom. The first-order chi connectivity index (χ1) is 8.84. The SMILES string of the molecule is CC1(C)CCC[C@]2(C)c3cc(O)c(O)cc3CC[C@@H]12. The normalized spacial score (nSPS) is 32.5. The summed E-state index contributed by atoms with van der Waals surface area (Å²) in [6, 6.07) is 3.59. The van der Waals surface area contributed by atoms with Gasteiger partial charge in [0.1, 0.15) is 0 Å². The zero-order valence-corrected chi connectivity index (χ0v) is 12.2. The van der Waals surface area contributed by atoms with Crippen LogP contribution in [0, 0.1) is 11.3 Å². The lowest BCUT2D eigenvalue weighted by Gasteiger charge is -2.54. The monoisotopic (exact) mass is 260 g/mol. The molecule has 0 bridgehead atoms. The molecule has 2 nitrogen and oxygen atoms in total. The first-order valence-electron chi connectivity index (χ1n) is 7.40. The number of fused-ring (bicyclic) bond motifs is 3. The molecule has 1 aromatic carbocycles. The van der Waals surface area contributed by atoms with Crippen molar-refractivity contribution in [3.63, 3.8) is 0 Å². The predicted molar refractivity (Wildman–Crippen MR) is 76.6 cm³/mol. The van der Waals surface area contributed by atoms with Gasteiger partial charge in [-0.2, -0.15) is 0 Å². The zero-order chi connectivity index (χ0) is 13.8.